The van der Waals surface area contributed by atoms with Crippen molar-refractivity contribution in [3.63, 3.8) is 0 Å². The first-order chi connectivity index (χ1) is 20.6. The summed E-state index contributed by atoms with van der Waals surface area (Å²) in [6.07, 6.45) is 2.57. The van der Waals surface area contributed by atoms with Gasteiger partial charge in [0.15, 0.2) is 17.2 Å². The lowest BCUT2D eigenvalue weighted by Crippen LogP contribution is -2.67. The first kappa shape index (κ1) is 29.0. The van der Waals surface area contributed by atoms with Crippen molar-refractivity contribution in [3.05, 3.63) is 59.4 Å². The number of pyridine rings is 1. The predicted octanol–water partition coefficient (Wildman–Crippen LogP) is 5.52. The van der Waals surface area contributed by atoms with E-state index in [4.69, 9.17) is 16.6 Å². The fraction of sp³-hybridized carbons (Fsp3) is 0.406. The summed E-state index contributed by atoms with van der Waals surface area (Å²) >= 11 is 6.82. The number of hydrogen-bond acceptors (Lipinski definition) is 7. The fourth-order valence-electron chi connectivity index (χ4n) is 6.46. The quantitative estimate of drug-likeness (QED) is 0.269. The van der Waals surface area contributed by atoms with Crippen molar-refractivity contribution in [1.29, 1.82) is 5.26 Å². The number of anilines is 1. The molecule has 11 heteroatoms. The molecule has 0 N–H and O–H groups in total. The van der Waals surface area contributed by atoms with Crippen molar-refractivity contribution in [1.82, 2.24) is 29.8 Å². The number of amides is 1. The molecule has 2 aliphatic heterocycles. The zero-order valence-electron chi connectivity index (χ0n) is 24.8. The summed E-state index contributed by atoms with van der Waals surface area (Å²) in [5.41, 5.74) is 3.37. The summed E-state index contributed by atoms with van der Waals surface area (Å²) in [4.78, 5) is 23.4. The molecule has 2 aromatic heterocycles. The number of fused-ring (bicyclic) bond motifs is 3. The third-order valence-electron chi connectivity index (χ3n) is 9.14. The summed E-state index contributed by atoms with van der Waals surface area (Å²) in [5, 5.41) is 19.5. The van der Waals surface area contributed by atoms with Crippen LogP contribution in [0.2, 0.25) is 5.02 Å². The smallest absolute Gasteiger partial charge is 0.246 e. The Kier molecular flexibility index (Phi) is 7.35. The van der Waals surface area contributed by atoms with Gasteiger partial charge in [0.2, 0.25) is 5.91 Å². The molecule has 1 unspecified atom stereocenters. The zero-order chi connectivity index (χ0) is 30.6. The van der Waals surface area contributed by atoms with Gasteiger partial charge in [-0.1, -0.05) is 53.2 Å². The fourth-order valence-corrected chi connectivity index (χ4v) is 6.76. The largest absolute Gasteiger partial charge is 0.351 e. The second kappa shape index (κ2) is 10.9. The minimum Gasteiger partial charge on any atom is -0.351 e. The van der Waals surface area contributed by atoms with Gasteiger partial charge >= 0.3 is 0 Å². The molecule has 222 valence electrons. The summed E-state index contributed by atoms with van der Waals surface area (Å²) in [6.45, 7) is 9.61. The Morgan fingerprint density at radius 2 is 2.07 bits per heavy atom. The van der Waals surface area contributed by atoms with Crippen LogP contribution in [0.3, 0.4) is 0 Å². The number of hydrogen-bond donors (Lipinski definition) is 0. The van der Waals surface area contributed by atoms with E-state index in [1.54, 1.807) is 11.0 Å². The lowest BCUT2D eigenvalue weighted by molar-refractivity contribution is -0.130. The monoisotopic (exact) mass is 600 g/mol. The number of aryl methyl sites for hydroxylation is 1. The van der Waals surface area contributed by atoms with Crippen molar-refractivity contribution in [2.45, 2.75) is 50.7 Å². The number of nitrogens with zero attached hydrogens (tertiary/aromatic N) is 8. The van der Waals surface area contributed by atoms with Gasteiger partial charge in [0.25, 0.3) is 0 Å². The molecule has 0 spiro atoms. The third-order valence-corrected chi connectivity index (χ3v) is 9.44. The number of carbonyl (C=O) groups excluding carboxylic acids is 1. The molecular weight excluding hydrogens is 567 g/mol. The van der Waals surface area contributed by atoms with Gasteiger partial charge in [-0.15, -0.1) is 5.10 Å². The van der Waals surface area contributed by atoms with Crippen LogP contribution in [0.25, 0.3) is 33.1 Å². The molecule has 0 radical (unpaired) electrons. The van der Waals surface area contributed by atoms with Crippen LogP contribution >= 0.6 is 11.6 Å². The molecule has 2 fully saturated rings. The lowest BCUT2D eigenvalue weighted by atomic mass is 9.90. The molecule has 9 nitrogen and oxygen atoms in total. The standard InChI is InChI=1S/C32H34ClFN8O/c1-6-25(43)41-13-11-22(15-21(41)10-12-35)42-30-23-16-24(33)26(20-9-7-8-19(2)14-20)27(34)28(23)36-31(29(30)37-38-42)40-17-32(3,18-40)39(4)5/h6-9,14,16,21-22H,1,10-11,13,15,17-18H2,2-5H3/t21-,22?/m1/s1. The SMILES string of the molecule is C=CC(=O)N1CCC(n2nnc3c(N4CC(C)(N(C)C)C4)nc4c(F)c(-c5cccc(C)c5)c(Cl)cc4c32)C[C@H]1CC#N. The van der Waals surface area contributed by atoms with E-state index in [9.17, 15) is 10.1 Å². The highest BCUT2D eigenvalue weighted by Crippen LogP contribution is 2.43. The van der Waals surface area contributed by atoms with Crippen molar-refractivity contribution in [3.8, 4) is 17.2 Å². The van der Waals surface area contributed by atoms with Crippen LogP contribution in [0.15, 0.2) is 43.0 Å². The van der Waals surface area contributed by atoms with Gasteiger partial charge in [0.1, 0.15) is 11.0 Å². The van der Waals surface area contributed by atoms with E-state index >= 15 is 4.39 Å². The highest BCUT2D eigenvalue weighted by molar-refractivity contribution is 6.34. The number of nitriles is 1. The molecule has 0 bridgehead atoms. The first-order valence-corrected chi connectivity index (χ1v) is 14.8. The number of carbonyl (C=O) groups is 1. The van der Waals surface area contributed by atoms with E-state index in [0.717, 1.165) is 5.56 Å². The van der Waals surface area contributed by atoms with Gasteiger partial charge in [-0.3, -0.25) is 4.79 Å². The molecule has 6 rings (SSSR count). The zero-order valence-corrected chi connectivity index (χ0v) is 25.6. The van der Waals surface area contributed by atoms with E-state index in [1.807, 2.05) is 50.0 Å². The molecule has 0 aliphatic carbocycles. The Labute approximate surface area is 255 Å². The number of benzene rings is 2. The molecule has 4 heterocycles. The maximum Gasteiger partial charge on any atom is 0.246 e. The minimum absolute atomic E-state index is 0.0563. The van der Waals surface area contributed by atoms with Gasteiger partial charge < -0.3 is 14.7 Å². The van der Waals surface area contributed by atoms with E-state index in [-0.39, 0.29) is 40.5 Å². The summed E-state index contributed by atoms with van der Waals surface area (Å²) in [7, 11) is 4.10. The number of piperidine rings is 1. The van der Waals surface area contributed by atoms with Crippen LogP contribution in [0.5, 0.6) is 0 Å². The summed E-state index contributed by atoms with van der Waals surface area (Å²) in [5.74, 6) is -0.107. The van der Waals surface area contributed by atoms with Gasteiger partial charge in [-0.25, -0.2) is 14.1 Å². The van der Waals surface area contributed by atoms with Crippen LogP contribution in [0.4, 0.5) is 10.2 Å². The Balaban J connectivity index is 1.54. The maximum atomic E-state index is 16.6. The molecule has 1 amide bonds. The first-order valence-electron chi connectivity index (χ1n) is 14.4. The average Bonchev–Trinajstić information content (AvgIpc) is 3.41. The minimum atomic E-state index is -0.492. The highest BCUT2D eigenvalue weighted by Gasteiger charge is 2.43. The summed E-state index contributed by atoms with van der Waals surface area (Å²) < 4.78 is 18.5. The molecule has 2 aromatic carbocycles. The molecule has 2 aliphatic rings. The number of likely N-dealkylation sites (tertiary alicyclic amines) is 1. The van der Waals surface area contributed by atoms with Crippen molar-refractivity contribution in [2.75, 3.05) is 38.6 Å². The topological polar surface area (TPSA) is 94.2 Å². The molecule has 0 saturated carbocycles. The van der Waals surface area contributed by atoms with E-state index in [2.05, 4.69) is 39.7 Å². The molecule has 2 atom stereocenters. The Morgan fingerprint density at radius 3 is 2.74 bits per heavy atom. The normalized spacial score (nSPS) is 20.0. The molecule has 43 heavy (non-hydrogen) atoms. The van der Waals surface area contributed by atoms with Crippen LogP contribution in [-0.2, 0) is 4.79 Å². The van der Waals surface area contributed by atoms with Gasteiger partial charge in [-0.05, 0) is 58.5 Å². The third kappa shape index (κ3) is 4.81. The van der Waals surface area contributed by atoms with E-state index in [1.165, 1.54) is 6.08 Å². The average molecular weight is 601 g/mol. The summed E-state index contributed by atoms with van der Waals surface area (Å²) in [6, 6.07) is 11.1. The van der Waals surface area contributed by atoms with Gasteiger partial charge in [0.05, 0.1) is 29.1 Å². The van der Waals surface area contributed by atoms with Crippen LogP contribution in [0, 0.1) is 24.1 Å². The number of rotatable bonds is 6. The second-order valence-corrected chi connectivity index (χ2v) is 12.6. The van der Waals surface area contributed by atoms with E-state index in [0.29, 0.717) is 65.8 Å². The van der Waals surface area contributed by atoms with Crippen LogP contribution in [0.1, 0.15) is 37.8 Å². The maximum absolute atomic E-state index is 16.6. The van der Waals surface area contributed by atoms with Crippen LogP contribution in [-0.4, -0.2) is 81.0 Å². The number of likely N-dealkylation sites (N-methyl/N-ethyl adjacent to an activating group) is 1. The van der Waals surface area contributed by atoms with E-state index < -0.39 is 5.82 Å². The van der Waals surface area contributed by atoms with Gasteiger partial charge in [0, 0.05) is 36.6 Å². The predicted molar refractivity (Wildman–Crippen MR) is 166 cm³/mol. The Morgan fingerprint density at radius 1 is 1.30 bits per heavy atom. The molecule has 4 aromatic rings. The Bertz CT molecular complexity index is 1800. The number of halogens is 2. The second-order valence-electron chi connectivity index (χ2n) is 12.2. The van der Waals surface area contributed by atoms with Crippen LogP contribution < -0.4 is 4.90 Å². The number of aromatic nitrogens is 4. The van der Waals surface area contributed by atoms with Gasteiger partial charge in [-0.2, -0.15) is 5.26 Å². The van der Waals surface area contributed by atoms with Crippen molar-refractivity contribution < 1.29 is 9.18 Å². The van der Waals surface area contributed by atoms with Crippen molar-refractivity contribution in [2.24, 2.45) is 0 Å². The highest BCUT2D eigenvalue weighted by atomic mass is 35.5. The Hall–Kier alpha value is -4.07. The van der Waals surface area contributed by atoms with Crippen molar-refractivity contribution >= 4 is 45.3 Å². The lowest BCUT2D eigenvalue weighted by Gasteiger charge is -2.52. The molecule has 2 saturated heterocycles. The molecular formula is C32H34ClFN8O.